The maximum absolute atomic E-state index is 12.1. The molecule has 88 valence electrons. The minimum absolute atomic E-state index is 0.338. The van der Waals surface area contributed by atoms with E-state index in [2.05, 4.69) is 0 Å². The van der Waals surface area contributed by atoms with Gasteiger partial charge in [-0.2, -0.15) is 5.26 Å². The number of aliphatic hydroxyl groups is 1. The fraction of sp³-hybridized carbons (Fsp3) is 0.0667. The molecule has 0 bridgehead atoms. The fourth-order valence-electron chi connectivity index (χ4n) is 1.69. The van der Waals surface area contributed by atoms with Crippen molar-refractivity contribution >= 4 is 5.78 Å². The molecule has 3 nitrogen and oxygen atoms in total. The topological polar surface area (TPSA) is 61.1 Å². The van der Waals surface area contributed by atoms with Gasteiger partial charge in [-0.05, 0) is 17.7 Å². The number of hydrogen-bond acceptors (Lipinski definition) is 3. The summed E-state index contributed by atoms with van der Waals surface area (Å²) in [5.41, 5.74) is 1.29. The number of ketones is 1. The van der Waals surface area contributed by atoms with Crippen molar-refractivity contribution in [3.05, 3.63) is 71.3 Å². The van der Waals surface area contributed by atoms with Crippen LogP contribution in [-0.4, -0.2) is 10.9 Å². The zero-order valence-electron chi connectivity index (χ0n) is 9.58. The minimum atomic E-state index is -1.19. The summed E-state index contributed by atoms with van der Waals surface area (Å²) in [4.78, 5) is 12.1. The molecule has 0 fully saturated rings. The van der Waals surface area contributed by atoms with E-state index in [9.17, 15) is 9.90 Å². The maximum Gasteiger partial charge on any atom is 0.195 e. The summed E-state index contributed by atoms with van der Waals surface area (Å²) in [5, 5.41) is 18.7. The molecule has 0 aliphatic rings. The molecular weight excluding hydrogens is 226 g/mol. The van der Waals surface area contributed by atoms with Crippen molar-refractivity contribution in [2.24, 2.45) is 0 Å². The maximum atomic E-state index is 12.1. The molecule has 2 aromatic carbocycles. The molecule has 0 amide bonds. The first-order valence-electron chi connectivity index (χ1n) is 5.50. The second-order valence-electron chi connectivity index (χ2n) is 3.87. The number of carbonyl (C=O) groups is 1. The normalized spacial score (nSPS) is 11.6. The lowest BCUT2D eigenvalue weighted by Gasteiger charge is -2.09. The summed E-state index contributed by atoms with van der Waals surface area (Å²) < 4.78 is 0. The summed E-state index contributed by atoms with van der Waals surface area (Å²) in [6.07, 6.45) is -1.19. The Balaban J connectivity index is 2.29. The van der Waals surface area contributed by atoms with Crippen molar-refractivity contribution in [2.45, 2.75) is 6.10 Å². The lowest BCUT2D eigenvalue weighted by molar-refractivity contribution is 0.0747. The third-order valence-electron chi connectivity index (χ3n) is 2.64. The van der Waals surface area contributed by atoms with E-state index < -0.39 is 11.9 Å². The first-order chi connectivity index (χ1) is 8.72. The molecule has 0 heterocycles. The van der Waals surface area contributed by atoms with Gasteiger partial charge in [-0.15, -0.1) is 0 Å². The molecule has 0 aliphatic carbocycles. The van der Waals surface area contributed by atoms with Gasteiger partial charge < -0.3 is 5.11 Å². The van der Waals surface area contributed by atoms with Gasteiger partial charge in [-0.25, -0.2) is 0 Å². The second kappa shape index (κ2) is 5.26. The molecule has 0 radical (unpaired) electrons. The van der Waals surface area contributed by atoms with Crippen LogP contribution in [-0.2, 0) is 0 Å². The van der Waals surface area contributed by atoms with E-state index in [0.717, 1.165) is 0 Å². The van der Waals surface area contributed by atoms with E-state index in [-0.39, 0.29) is 0 Å². The standard InChI is InChI=1S/C15H11NO2/c16-10-11-5-4-8-13(9-11)15(18)14(17)12-6-2-1-3-7-12/h1-9,14,17H. The van der Waals surface area contributed by atoms with Crippen molar-refractivity contribution in [3.8, 4) is 6.07 Å². The van der Waals surface area contributed by atoms with E-state index >= 15 is 0 Å². The molecule has 0 aromatic heterocycles. The predicted molar refractivity (Wildman–Crippen MR) is 66.9 cm³/mol. The SMILES string of the molecule is N#Cc1cccc(C(=O)C(O)c2ccccc2)c1. The van der Waals surface area contributed by atoms with Crippen molar-refractivity contribution in [1.82, 2.24) is 0 Å². The summed E-state index contributed by atoms with van der Waals surface area (Å²) in [5.74, 6) is -0.404. The molecule has 2 rings (SSSR count). The van der Waals surface area contributed by atoms with Crippen molar-refractivity contribution < 1.29 is 9.90 Å². The molecule has 0 aliphatic heterocycles. The van der Waals surface area contributed by atoms with Gasteiger partial charge in [0.1, 0.15) is 6.10 Å². The summed E-state index contributed by atoms with van der Waals surface area (Å²) in [6, 6.07) is 17.0. The van der Waals surface area contributed by atoms with Crippen LogP contribution >= 0.6 is 0 Å². The molecule has 3 heteroatoms. The highest BCUT2D eigenvalue weighted by molar-refractivity contribution is 6.00. The van der Waals surface area contributed by atoms with Crippen LogP contribution < -0.4 is 0 Å². The highest BCUT2D eigenvalue weighted by Gasteiger charge is 2.18. The summed E-state index contributed by atoms with van der Waals surface area (Å²) in [6.45, 7) is 0. The number of aliphatic hydroxyl groups excluding tert-OH is 1. The number of carbonyl (C=O) groups excluding carboxylic acids is 1. The molecular formula is C15H11NO2. The Kier molecular flexibility index (Phi) is 3.52. The van der Waals surface area contributed by atoms with Crippen molar-refractivity contribution in [1.29, 1.82) is 5.26 Å². The lowest BCUT2D eigenvalue weighted by atomic mass is 9.99. The number of benzene rings is 2. The van der Waals surface area contributed by atoms with E-state index in [1.807, 2.05) is 12.1 Å². The van der Waals surface area contributed by atoms with Gasteiger partial charge in [0, 0.05) is 5.56 Å². The molecule has 0 saturated heterocycles. The smallest absolute Gasteiger partial charge is 0.195 e. The molecule has 1 unspecified atom stereocenters. The second-order valence-corrected chi connectivity index (χ2v) is 3.87. The van der Waals surface area contributed by atoms with Gasteiger partial charge in [-0.1, -0.05) is 42.5 Å². The predicted octanol–water partition coefficient (Wildman–Crippen LogP) is 2.47. The van der Waals surface area contributed by atoms with E-state index in [1.165, 1.54) is 6.07 Å². The van der Waals surface area contributed by atoms with Crippen LogP contribution in [0, 0.1) is 11.3 Å². The van der Waals surface area contributed by atoms with E-state index in [0.29, 0.717) is 16.7 Å². The average molecular weight is 237 g/mol. The Morgan fingerprint density at radius 3 is 2.50 bits per heavy atom. The van der Waals surface area contributed by atoms with Gasteiger partial charge in [0.05, 0.1) is 11.6 Å². The van der Waals surface area contributed by atoms with Crippen molar-refractivity contribution in [2.75, 3.05) is 0 Å². The van der Waals surface area contributed by atoms with Crippen LogP contribution in [0.5, 0.6) is 0 Å². The molecule has 0 saturated carbocycles. The largest absolute Gasteiger partial charge is 0.380 e. The molecule has 18 heavy (non-hydrogen) atoms. The quantitative estimate of drug-likeness (QED) is 0.834. The Morgan fingerprint density at radius 1 is 1.11 bits per heavy atom. The number of nitrogens with zero attached hydrogens (tertiary/aromatic N) is 1. The van der Waals surface area contributed by atoms with Gasteiger partial charge in [0.15, 0.2) is 5.78 Å². The lowest BCUT2D eigenvalue weighted by Crippen LogP contribution is -2.12. The zero-order chi connectivity index (χ0) is 13.0. The number of rotatable bonds is 3. The van der Waals surface area contributed by atoms with Crippen LogP contribution in [0.2, 0.25) is 0 Å². The van der Waals surface area contributed by atoms with Gasteiger partial charge in [0.25, 0.3) is 0 Å². The van der Waals surface area contributed by atoms with Gasteiger partial charge in [-0.3, -0.25) is 4.79 Å². The van der Waals surface area contributed by atoms with E-state index in [4.69, 9.17) is 5.26 Å². The number of nitriles is 1. The van der Waals surface area contributed by atoms with Gasteiger partial charge in [0.2, 0.25) is 0 Å². The summed E-state index contributed by atoms with van der Waals surface area (Å²) >= 11 is 0. The van der Waals surface area contributed by atoms with E-state index in [1.54, 1.807) is 42.5 Å². The Bertz CT molecular complexity index is 599. The Labute approximate surface area is 105 Å². The third kappa shape index (κ3) is 2.45. The number of hydrogen-bond donors (Lipinski definition) is 1. The monoisotopic (exact) mass is 237 g/mol. The first kappa shape index (κ1) is 12.0. The molecule has 1 atom stereocenters. The zero-order valence-corrected chi connectivity index (χ0v) is 9.58. The van der Waals surface area contributed by atoms with Crippen LogP contribution in [0.15, 0.2) is 54.6 Å². The fourth-order valence-corrected chi connectivity index (χ4v) is 1.69. The first-order valence-corrected chi connectivity index (χ1v) is 5.50. The minimum Gasteiger partial charge on any atom is -0.380 e. The van der Waals surface area contributed by atoms with Crippen molar-refractivity contribution in [3.63, 3.8) is 0 Å². The van der Waals surface area contributed by atoms with Gasteiger partial charge >= 0.3 is 0 Å². The summed E-state index contributed by atoms with van der Waals surface area (Å²) in [7, 11) is 0. The molecule has 2 aromatic rings. The Morgan fingerprint density at radius 2 is 1.83 bits per heavy atom. The number of Topliss-reactive ketones (excluding diaryl/α,β-unsaturated/α-hetero) is 1. The highest BCUT2D eigenvalue weighted by atomic mass is 16.3. The third-order valence-corrected chi connectivity index (χ3v) is 2.64. The Hall–Kier alpha value is -2.44. The van der Waals surface area contributed by atoms with Crippen LogP contribution in [0.1, 0.15) is 27.6 Å². The molecule has 1 N–H and O–H groups in total. The van der Waals surface area contributed by atoms with Crippen LogP contribution in [0.3, 0.4) is 0 Å². The van der Waals surface area contributed by atoms with Crippen LogP contribution in [0.25, 0.3) is 0 Å². The van der Waals surface area contributed by atoms with Crippen LogP contribution in [0.4, 0.5) is 0 Å². The average Bonchev–Trinajstić information content (AvgIpc) is 2.46. The molecule has 0 spiro atoms. The highest BCUT2D eigenvalue weighted by Crippen LogP contribution is 2.18.